The summed E-state index contributed by atoms with van der Waals surface area (Å²) in [5.41, 5.74) is 4.28. The molecule has 0 amide bonds. The molecule has 1 fully saturated rings. The lowest BCUT2D eigenvalue weighted by molar-refractivity contribution is 0.534. The van der Waals surface area contributed by atoms with E-state index in [1.165, 1.54) is 48.9 Å². The Morgan fingerprint density at radius 3 is 2.73 bits per heavy atom. The molecule has 1 atom stereocenters. The van der Waals surface area contributed by atoms with Gasteiger partial charge in [-0.15, -0.1) is 0 Å². The maximum atomic E-state index is 3.64. The Bertz CT molecular complexity index is 322. The number of hydrogen-bond acceptors (Lipinski definition) is 1. The molecular formula is C14H21N. The van der Waals surface area contributed by atoms with E-state index in [-0.39, 0.29) is 0 Å². The first kappa shape index (κ1) is 10.7. The molecule has 1 aromatic rings. The van der Waals surface area contributed by atoms with Crippen LogP contribution in [-0.2, 0) is 0 Å². The molecule has 0 spiro atoms. The van der Waals surface area contributed by atoms with E-state index >= 15 is 0 Å². The van der Waals surface area contributed by atoms with Crippen LogP contribution in [0.5, 0.6) is 0 Å². The Labute approximate surface area is 92.9 Å². The molecule has 82 valence electrons. The van der Waals surface area contributed by atoms with Crippen LogP contribution in [0.3, 0.4) is 0 Å². The van der Waals surface area contributed by atoms with Crippen LogP contribution in [0.15, 0.2) is 18.2 Å². The zero-order valence-corrected chi connectivity index (χ0v) is 9.84. The molecule has 0 radical (unpaired) electrons. The third-order valence-electron chi connectivity index (χ3n) is 3.49. The van der Waals surface area contributed by atoms with Gasteiger partial charge >= 0.3 is 0 Å². The number of aryl methyl sites for hydroxylation is 2. The summed E-state index contributed by atoms with van der Waals surface area (Å²) in [6.45, 7) is 5.56. The highest BCUT2D eigenvalue weighted by Crippen LogP contribution is 2.24. The van der Waals surface area contributed by atoms with E-state index in [4.69, 9.17) is 0 Å². The van der Waals surface area contributed by atoms with Gasteiger partial charge in [-0.1, -0.05) is 31.0 Å². The summed E-state index contributed by atoms with van der Waals surface area (Å²) in [5.74, 6) is 0. The van der Waals surface area contributed by atoms with Crippen molar-refractivity contribution in [3.63, 3.8) is 0 Å². The van der Waals surface area contributed by atoms with Gasteiger partial charge in [0.2, 0.25) is 0 Å². The molecule has 0 aliphatic carbocycles. The summed E-state index contributed by atoms with van der Waals surface area (Å²) >= 11 is 0. The second kappa shape index (κ2) is 4.80. The van der Waals surface area contributed by atoms with Crippen LogP contribution in [0.4, 0.5) is 0 Å². The predicted molar refractivity (Wildman–Crippen MR) is 65.1 cm³/mol. The van der Waals surface area contributed by atoms with Gasteiger partial charge in [0.15, 0.2) is 0 Å². The molecule has 0 bridgehead atoms. The minimum atomic E-state index is 0.590. The molecule has 1 aliphatic heterocycles. The topological polar surface area (TPSA) is 12.0 Å². The van der Waals surface area contributed by atoms with E-state index in [0.717, 1.165) is 0 Å². The number of rotatable bonds is 1. The Hall–Kier alpha value is -0.820. The van der Waals surface area contributed by atoms with Gasteiger partial charge in [-0.25, -0.2) is 0 Å². The van der Waals surface area contributed by atoms with Crippen molar-refractivity contribution in [1.82, 2.24) is 5.32 Å². The van der Waals surface area contributed by atoms with Crippen LogP contribution in [0.2, 0.25) is 0 Å². The fourth-order valence-electron chi connectivity index (χ4n) is 2.29. The zero-order valence-electron chi connectivity index (χ0n) is 9.84. The highest BCUT2D eigenvalue weighted by atomic mass is 14.9. The number of benzene rings is 1. The summed E-state index contributed by atoms with van der Waals surface area (Å²) in [6, 6.07) is 7.47. The highest BCUT2D eigenvalue weighted by Gasteiger charge is 2.13. The van der Waals surface area contributed by atoms with E-state index in [0.29, 0.717) is 6.04 Å². The maximum absolute atomic E-state index is 3.64. The maximum Gasteiger partial charge on any atom is 0.0320 e. The van der Waals surface area contributed by atoms with Crippen molar-refractivity contribution in [2.75, 3.05) is 6.54 Å². The lowest BCUT2D eigenvalue weighted by atomic mass is 9.98. The van der Waals surface area contributed by atoms with E-state index in [2.05, 4.69) is 37.4 Å². The largest absolute Gasteiger partial charge is 0.310 e. The quantitative estimate of drug-likeness (QED) is 0.736. The second-order valence-electron chi connectivity index (χ2n) is 4.70. The molecular weight excluding hydrogens is 182 g/mol. The van der Waals surface area contributed by atoms with Crippen molar-refractivity contribution in [3.8, 4) is 0 Å². The highest BCUT2D eigenvalue weighted by molar-refractivity contribution is 5.31. The molecule has 1 aromatic carbocycles. The van der Waals surface area contributed by atoms with Crippen LogP contribution in [0.25, 0.3) is 0 Å². The third kappa shape index (κ3) is 2.60. The standard InChI is InChI=1S/C14H21N/c1-11-7-8-13(10-12(11)2)14-6-4-3-5-9-15-14/h7-8,10,14-15H,3-6,9H2,1-2H3/t14-/m0/s1. The zero-order chi connectivity index (χ0) is 10.7. The van der Waals surface area contributed by atoms with E-state index in [9.17, 15) is 0 Å². The summed E-state index contributed by atoms with van der Waals surface area (Å²) in [4.78, 5) is 0. The summed E-state index contributed by atoms with van der Waals surface area (Å²) in [6.07, 6.45) is 5.38. The predicted octanol–water partition coefficient (Wildman–Crippen LogP) is 3.51. The summed E-state index contributed by atoms with van der Waals surface area (Å²) < 4.78 is 0. The Morgan fingerprint density at radius 1 is 1.07 bits per heavy atom. The first-order chi connectivity index (χ1) is 7.27. The molecule has 1 aliphatic rings. The molecule has 1 N–H and O–H groups in total. The Balaban J connectivity index is 2.16. The molecule has 2 rings (SSSR count). The van der Waals surface area contributed by atoms with Crippen LogP contribution in [-0.4, -0.2) is 6.54 Å². The fraction of sp³-hybridized carbons (Fsp3) is 0.571. The van der Waals surface area contributed by atoms with Gasteiger partial charge in [-0.05, 0) is 49.9 Å². The summed E-state index contributed by atoms with van der Waals surface area (Å²) in [5, 5.41) is 3.64. The SMILES string of the molecule is Cc1ccc([C@@H]2CCCCCN2)cc1C. The van der Waals surface area contributed by atoms with Gasteiger partial charge in [-0.3, -0.25) is 0 Å². The van der Waals surface area contributed by atoms with Crippen LogP contribution in [0.1, 0.15) is 48.4 Å². The van der Waals surface area contributed by atoms with Gasteiger partial charge in [0.1, 0.15) is 0 Å². The van der Waals surface area contributed by atoms with Crippen molar-refractivity contribution in [2.24, 2.45) is 0 Å². The van der Waals surface area contributed by atoms with Crippen molar-refractivity contribution in [1.29, 1.82) is 0 Å². The summed E-state index contributed by atoms with van der Waals surface area (Å²) in [7, 11) is 0. The minimum Gasteiger partial charge on any atom is -0.310 e. The molecule has 1 saturated heterocycles. The van der Waals surface area contributed by atoms with Crippen molar-refractivity contribution >= 4 is 0 Å². The molecule has 15 heavy (non-hydrogen) atoms. The van der Waals surface area contributed by atoms with Gasteiger partial charge in [0.25, 0.3) is 0 Å². The van der Waals surface area contributed by atoms with E-state index < -0.39 is 0 Å². The van der Waals surface area contributed by atoms with Crippen LogP contribution < -0.4 is 5.32 Å². The first-order valence-electron chi connectivity index (χ1n) is 6.08. The van der Waals surface area contributed by atoms with Gasteiger partial charge in [0.05, 0.1) is 0 Å². The minimum absolute atomic E-state index is 0.590. The smallest absolute Gasteiger partial charge is 0.0320 e. The van der Waals surface area contributed by atoms with Crippen molar-refractivity contribution < 1.29 is 0 Å². The van der Waals surface area contributed by atoms with Crippen LogP contribution in [0, 0.1) is 13.8 Å². The van der Waals surface area contributed by atoms with Crippen molar-refractivity contribution in [2.45, 2.75) is 45.6 Å². The lowest BCUT2D eigenvalue weighted by Crippen LogP contribution is -2.20. The van der Waals surface area contributed by atoms with Gasteiger partial charge in [0, 0.05) is 6.04 Å². The Kier molecular flexibility index (Phi) is 3.42. The molecule has 1 heteroatoms. The van der Waals surface area contributed by atoms with E-state index in [1.807, 2.05) is 0 Å². The monoisotopic (exact) mass is 203 g/mol. The second-order valence-corrected chi connectivity index (χ2v) is 4.70. The average Bonchev–Trinajstić information content (AvgIpc) is 2.50. The van der Waals surface area contributed by atoms with Gasteiger partial charge < -0.3 is 5.32 Å². The molecule has 1 heterocycles. The van der Waals surface area contributed by atoms with Crippen molar-refractivity contribution in [3.05, 3.63) is 34.9 Å². The molecule has 0 aromatic heterocycles. The van der Waals surface area contributed by atoms with Gasteiger partial charge in [-0.2, -0.15) is 0 Å². The molecule has 1 nitrogen and oxygen atoms in total. The normalized spacial score (nSPS) is 22.4. The number of hydrogen-bond donors (Lipinski definition) is 1. The lowest BCUT2D eigenvalue weighted by Gasteiger charge is -2.17. The van der Waals surface area contributed by atoms with E-state index in [1.54, 1.807) is 0 Å². The molecule has 0 unspecified atom stereocenters. The first-order valence-corrected chi connectivity index (χ1v) is 6.08. The molecule has 0 saturated carbocycles. The fourth-order valence-corrected chi connectivity index (χ4v) is 2.29. The third-order valence-corrected chi connectivity index (χ3v) is 3.49. The van der Waals surface area contributed by atoms with Crippen LogP contribution >= 0.6 is 0 Å². The number of nitrogens with one attached hydrogen (secondary N) is 1. The average molecular weight is 203 g/mol. The Morgan fingerprint density at radius 2 is 1.93 bits per heavy atom.